The lowest BCUT2D eigenvalue weighted by Crippen LogP contribution is -2.18. The summed E-state index contributed by atoms with van der Waals surface area (Å²) >= 11 is 0. The highest BCUT2D eigenvalue weighted by Gasteiger charge is 2.08. The van der Waals surface area contributed by atoms with Gasteiger partial charge < -0.3 is 10.0 Å². The molecule has 0 aliphatic carbocycles. The average molecular weight is 277 g/mol. The maximum atomic E-state index is 10.8. The Morgan fingerprint density at radius 3 is 2.50 bits per heavy atom. The van der Waals surface area contributed by atoms with E-state index in [4.69, 9.17) is 5.21 Å². The summed E-state index contributed by atoms with van der Waals surface area (Å²) in [5.41, 5.74) is 4.08. The summed E-state index contributed by atoms with van der Waals surface area (Å²) in [7, 11) is 0. The number of hydrogen-bond donors (Lipinski definition) is 2. The van der Waals surface area contributed by atoms with Gasteiger partial charge in [0.2, 0.25) is 0 Å². The molecule has 112 valence electrons. The van der Waals surface area contributed by atoms with Crippen LogP contribution < -0.4 is 5.48 Å². The Bertz CT molecular complexity index is 379. The standard InChI is InChI=1S/C17H27NO2/c1-2-3-4-5-6-7-8-10-15-11-9-12-16(13-15)17(14-19)18-20/h9,11-14,17-18,20H,2-8,10H2,1H3. The summed E-state index contributed by atoms with van der Waals surface area (Å²) in [6, 6.07) is 7.26. The smallest absolute Gasteiger partial charge is 0.143 e. The number of carbonyl (C=O) groups excluding carboxylic acids is 1. The zero-order chi connectivity index (χ0) is 14.6. The second-order valence-corrected chi connectivity index (χ2v) is 5.36. The van der Waals surface area contributed by atoms with Crippen molar-refractivity contribution in [3.63, 3.8) is 0 Å². The summed E-state index contributed by atoms with van der Waals surface area (Å²) in [4.78, 5) is 10.8. The van der Waals surface area contributed by atoms with Gasteiger partial charge in [-0.2, -0.15) is 5.48 Å². The van der Waals surface area contributed by atoms with E-state index in [2.05, 4.69) is 13.0 Å². The normalized spacial score (nSPS) is 12.3. The van der Waals surface area contributed by atoms with Crippen molar-refractivity contribution in [3.05, 3.63) is 35.4 Å². The maximum absolute atomic E-state index is 10.8. The van der Waals surface area contributed by atoms with Crippen molar-refractivity contribution in [1.29, 1.82) is 0 Å². The molecular weight excluding hydrogens is 250 g/mol. The summed E-state index contributed by atoms with van der Waals surface area (Å²) < 4.78 is 0. The van der Waals surface area contributed by atoms with Gasteiger partial charge >= 0.3 is 0 Å². The van der Waals surface area contributed by atoms with E-state index in [1.165, 1.54) is 50.5 Å². The number of benzene rings is 1. The van der Waals surface area contributed by atoms with Crippen molar-refractivity contribution in [3.8, 4) is 0 Å². The molecule has 0 saturated carbocycles. The molecule has 1 aromatic carbocycles. The van der Waals surface area contributed by atoms with Crippen LogP contribution in [0.3, 0.4) is 0 Å². The van der Waals surface area contributed by atoms with Crippen molar-refractivity contribution in [2.45, 2.75) is 64.3 Å². The Kier molecular flexibility index (Phi) is 8.92. The Morgan fingerprint density at radius 2 is 1.85 bits per heavy atom. The predicted molar refractivity (Wildman–Crippen MR) is 81.9 cm³/mol. The van der Waals surface area contributed by atoms with Crippen LogP contribution in [-0.4, -0.2) is 11.5 Å². The highest BCUT2D eigenvalue weighted by molar-refractivity contribution is 5.61. The number of aldehydes is 1. The average Bonchev–Trinajstić information content (AvgIpc) is 2.48. The van der Waals surface area contributed by atoms with Crippen molar-refractivity contribution >= 4 is 6.29 Å². The number of nitrogens with one attached hydrogen (secondary N) is 1. The lowest BCUT2D eigenvalue weighted by atomic mass is 10.0. The minimum Gasteiger partial charge on any atom is -0.316 e. The quantitative estimate of drug-likeness (QED) is 0.362. The first kappa shape index (κ1) is 16.9. The Labute approximate surface area is 122 Å². The third-order valence-electron chi connectivity index (χ3n) is 3.65. The topological polar surface area (TPSA) is 49.3 Å². The number of hydrogen-bond acceptors (Lipinski definition) is 3. The van der Waals surface area contributed by atoms with E-state index in [0.717, 1.165) is 12.0 Å². The predicted octanol–water partition coefficient (Wildman–Crippen LogP) is 4.20. The molecule has 1 unspecified atom stereocenters. The first-order valence-corrected chi connectivity index (χ1v) is 7.75. The van der Waals surface area contributed by atoms with Gasteiger partial charge in [0.25, 0.3) is 0 Å². The van der Waals surface area contributed by atoms with Crippen LogP contribution in [0.2, 0.25) is 0 Å². The lowest BCUT2D eigenvalue weighted by Gasteiger charge is -2.10. The van der Waals surface area contributed by atoms with Gasteiger partial charge in [-0.05, 0) is 24.0 Å². The molecule has 0 aromatic heterocycles. The number of unbranched alkanes of at least 4 members (excludes halogenated alkanes) is 6. The molecular formula is C17H27NO2. The Hall–Kier alpha value is -1.19. The van der Waals surface area contributed by atoms with Gasteiger partial charge in [-0.1, -0.05) is 69.7 Å². The fourth-order valence-corrected chi connectivity index (χ4v) is 2.41. The van der Waals surface area contributed by atoms with E-state index in [1.54, 1.807) is 0 Å². The molecule has 0 aliphatic heterocycles. The number of hydroxylamine groups is 1. The third kappa shape index (κ3) is 6.31. The summed E-state index contributed by atoms with van der Waals surface area (Å²) in [6.45, 7) is 2.24. The Balaban J connectivity index is 2.30. The molecule has 1 rings (SSSR count). The van der Waals surface area contributed by atoms with E-state index < -0.39 is 6.04 Å². The zero-order valence-electron chi connectivity index (χ0n) is 12.5. The molecule has 20 heavy (non-hydrogen) atoms. The minimum absolute atomic E-state index is 0.621. The van der Waals surface area contributed by atoms with E-state index in [9.17, 15) is 4.79 Å². The van der Waals surface area contributed by atoms with Crippen molar-refractivity contribution < 1.29 is 10.0 Å². The van der Waals surface area contributed by atoms with Gasteiger partial charge in [0.1, 0.15) is 12.3 Å². The second-order valence-electron chi connectivity index (χ2n) is 5.36. The van der Waals surface area contributed by atoms with Crippen molar-refractivity contribution in [1.82, 2.24) is 5.48 Å². The monoisotopic (exact) mass is 277 g/mol. The molecule has 3 nitrogen and oxygen atoms in total. The molecule has 0 spiro atoms. The minimum atomic E-state index is -0.621. The molecule has 0 aliphatic rings. The van der Waals surface area contributed by atoms with Crippen LogP contribution in [-0.2, 0) is 11.2 Å². The Morgan fingerprint density at radius 1 is 1.15 bits per heavy atom. The molecule has 2 N–H and O–H groups in total. The fourth-order valence-electron chi connectivity index (χ4n) is 2.41. The van der Waals surface area contributed by atoms with Gasteiger partial charge in [0.15, 0.2) is 0 Å². The second kappa shape index (κ2) is 10.6. The summed E-state index contributed by atoms with van der Waals surface area (Å²) in [6.07, 6.45) is 10.9. The molecule has 0 saturated heterocycles. The van der Waals surface area contributed by atoms with E-state index in [1.807, 2.05) is 23.7 Å². The zero-order valence-corrected chi connectivity index (χ0v) is 12.5. The summed E-state index contributed by atoms with van der Waals surface area (Å²) in [5, 5.41) is 8.91. The summed E-state index contributed by atoms with van der Waals surface area (Å²) in [5.74, 6) is 0. The van der Waals surface area contributed by atoms with Crippen LogP contribution in [0, 0.1) is 0 Å². The molecule has 0 amide bonds. The largest absolute Gasteiger partial charge is 0.316 e. The van der Waals surface area contributed by atoms with Crippen LogP contribution in [0.5, 0.6) is 0 Å². The van der Waals surface area contributed by atoms with Crippen LogP contribution >= 0.6 is 0 Å². The first-order chi connectivity index (χ1) is 9.81. The van der Waals surface area contributed by atoms with Gasteiger partial charge in [-0.3, -0.25) is 0 Å². The number of carbonyl (C=O) groups is 1. The van der Waals surface area contributed by atoms with Crippen LogP contribution in [0.25, 0.3) is 0 Å². The lowest BCUT2D eigenvalue weighted by molar-refractivity contribution is -0.111. The number of aryl methyl sites for hydroxylation is 1. The van der Waals surface area contributed by atoms with Gasteiger partial charge in [0, 0.05) is 0 Å². The molecule has 3 heteroatoms. The molecule has 1 aromatic rings. The third-order valence-corrected chi connectivity index (χ3v) is 3.65. The number of rotatable bonds is 11. The molecule has 0 radical (unpaired) electrons. The highest BCUT2D eigenvalue weighted by Crippen LogP contribution is 2.15. The molecule has 0 bridgehead atoms. The van der Waals surface area contributed by atoms with E-state index >= 15 is 0 Å². The molecule has 0 fully saturated rings. The fraction of sp³-hybridized carbons (Fsp3) is 0.588. The maximum Gasteiger partial charge on any atom is 0.143 e. The van der Waals surface area contributed by atoms with Crippen LogP contribution in [0.1, 0.15) is 69.0 Å². The molecule has 0 heterocycles. The van der Waals surface area contributed by atoms with Gasteiger partial charge in [-0.15, -0.1) is 0 Å². The highest BCUT2D eigenvalue weighted by atomic mass is 16.5. The van der Waals surface area contributed by atoms with Crippen molar-refractivity contribution in [2.75, 3.05) is 0 Å². The van der Waals surface area contributed by atoms with E-state index in [0.29, 0.717) is 6.29 Å². The van der Waals surface area contributed by atoms with Crippen LogP contribution in [0.15, 0.2) is 24.3 Å². The van der Waals surface area contributed by atoms with Gasteiger partial charge in [0.05, 0.1) is 0 Å². The molecule has 1 atom stereocenters. The van der Waals surface area contributed by atoms with Crippen LogP contribution in [0.4, 0.5) is 0 Å². The van der Waals surface area contributed by atoms with E-state index in [-0.39, 0.29) is 0 Å². The SMILES string of the molecule is CCCCCCCCCc1cccc(C(C=O)NO)c1. The first-order valence-electron chi connectivity index (χ1n) is 7.75. The van der Waals surface area contributed by atoms with Crippen molar-refractivity contribution in [2.24, 2.45) is 0 Å². The van der Waals surface area contributed by atoms with Gasteiger partial charge in [-0.25, -0.2) is 0 Å².